The fraction of sp³-hybridized carbons (Fsp3) is 0.167. The van der Waals surface area contributed by atoms with Crippen molar-refractivity contribution in [3.63, 3.8) is 0 Å². The van der Waals surface area contributed by atoms with E-state index in [-0.39, 0.29) is 21.9 Å². The molecule has 1 aliphatic rings. The minimum atomic E-state index is -0.960. The lowest BCUT2D eigenvalue weighted by Crippen LogP contribution is -2.29. The number of methoxy groups -OCH3 is 2. The molecule has 3 aromatic rings. The number of carbonyl (C=O) groups excluding carboxylic acids is 2. The molecule has 2 heterocycles. The van der Waals surface area contributed by atoms with Crippen molar-refractivity contribution in [2.45, 2.75) is 13.0 Å². The summed E-state index contributed by atoms with van der Waals surface area (Å²) in [6.45, 7) is 1.76. The molecule has 0 spiro atoms. The quantitative estimate of drug-likeness (QED) is 0.336. The zero-order valence-electron chi connectivity index (χ0n) is 17.6. The van der Waals surface area contributed by atoms with Gasteiger partial charge in [-0.15, -0.1) is 0 Å². The van der Waals surface area contributed by atoms with Gasteiger partial charge in [0.05, 0.1) is 24.8 Å². The number of anilines is 1. The molecule has 1 aromatic heterocycles. The van der Waals surface area contributed by atoms with Gasteiger partial charge in [-0.2, -0.15) is 0 Å². The number of halogens is 1. The summed E-state index contributed by atoms with van der Waals surface area (Å²) in [6.07, 6.45) is 0. The number of carbonyl (C=O) groups is 2. The Hall–Kier alpha value is -3.71. The summed E-state index contributed by atoms with van der Waals surface area (Å²) in [5.74, 6) is -0.00198. The molecule has 164 valence electrons. The number of hydrogen-bond acceptors (Lipinski definition) is 6. The summed E-state index contributed by atoms with van der Waals surface area (Å²) in [4.78, 5) is 27.5. The highest BCUT2D eigenvalue weighted by atomic mass is 35.5. The number of amides is 1. The first-order valence-electron chi connectivity index (χ1n) is 9.71. The van der Waals surface area contributed by atoms with E-state index >= 15 is 0 Å². The lowest BCUT2D eigenvalue weighted by Gasteiger charge is -2.23. The van der Waals surface area contributed by atoms with Crippen LogP contribution in [0.4, 0.5) is 5.69 Å². The molecule has 7 nitrogen and oxygen atoms in total. The Labute approximate surface area is 189 Å². The first-order chi connectivity index (χ1) is 15.3. The summed E-state index contributed by atoms with van der Waals surface area (Å²) in [5, 5.41) is 11.4. The second-order valence-electron chi connectivity index (χ2n) is 7.16. The predicted molar refractivity (Wildman–Crippen MR) is 119 cm³/mol. The molecule has 8 heteroatoms. The molecule has 0 aliphatic carbocycles. The topological polar surface area (TPSA) is 89.2 Å². The smallest absolute Gasteiger partial charge is 0.300 e. The Balaban J connectivity index is 1.90. The number of benzene rings is 2. The van der Waals surface area contributed by atoms with Crippen molar-refractivity contribution in [2.75, 3.05) is 19.1 Å². The van der Waals surface area contributed by atoms with Crippen molar-refractivity contribution < 1.29 is 28.6 Å². The fourth-order valence-corrected chi connectivity index (χ4v) is 3.94. The lowest BCUT2D eigenvalue weighted by atomic mass is 9.99. The maximum atomic E-state index is 13.1. The largest absolute Gasteiger partial charge is 0.507 e. The van der Waals surface area contributed by atoms with E-state index < -0.39 is 17.7 Å². The molecular formula is C24H20ClNO6. The highest BCUT2D eigenvalue weighted by Gasteiger charge is 2.48. The molecule has 4 rings (SSSR count). The molecule has 1 saturated heterocycles. The van der Waals surface area contributed by atoms with Crippen molar-refractivity contribution in [3.05, 3.63) is 82.3 Å². The summed E-state index contributed by atoms with van der Waals surface area (Å²) in [6, 6.07) is 13.7. The van der Waals surface area contributed by atoms with Gasteiger partial charge in [0.25, 0.3) is 11.7 Å². The molecule has 0 radical (unpaired) electrons. The maximum absolute atomic E-state index is 13.1. The maximum Gasteiger partial charge on any atom is 0.300 e. The number of ether oxygens (including phenoxy) is 2. The normalized spacial score (nSPS) is 17.6. The third-order valence-electron chi connectivity index (χ3n) is 5.25. The number of rotatable bonds is 5. The zero-order valence-corrected chi connectivity index (χ0v) is 18.3. The minimum Gasteiger partial charge on any atom is -0.507 e. The standard InChI is InChI=1S/C24H20ClNO6/c1-13-4-10-19(32-13)21-20(22(27)14-5-11-18(31-3)17(25)12-14)23(28)24(29)26(21)15-6-8-16(30-2)9-7-15/h4-12,21,27H,1-3H3/b22-20-. The molecule has 2 aromatic carbocycles. The van der Waals surface area contributed by atoms with E-state index in [1.165, 1.54) is 25.2 Å². The molecule has 32 heavy (non-hydrogen) atoms. The SMILES string of the molecule is COc1ccc(N2C(=O)C(=O)/C(=C(\O)c3ccc(OC)c(Cl)c3)C2c2ccc(C)o2)cc1. The van der Waals surface area contributed by atoms with Crippen LogP contribution in [0.5, 0.6) is 11.5 Å². The number of aliphatic hydroxyl groups is 1. The number of hydrogen-bond donors (Lipinski definition) is 1. The van der Waals surface area contributed by atoms with E-state index in [1.807, 2.05) is 0 Å². The number of aliphatic hydroxyl groups excluding tert-OH is 1. The number of nitrogens with zero attached hydrogens (tertiary/aromatic N) is 1. The third-order valence-corrected chi connectivity index (χ3v) is 5.55. The van der Waals surface area contributed by atoms with Crippen LogP contribution in [0.15, 0.2) is 64.6 Å². The van der Waals surface area contributed by atoms with Gasteiger partial charge in [-0.1, -0.05) is 11.6 Å². The highest BCUT2D eigenvalue weighted by molar-refractivity contribution is 6.51. The van der Waals surface area contributed by atoms with Gasteiger partial charge < -0.3 is 19.0 Å². The molecule has 1 amide bonds. The van der Waals surface area contributed by atoms with Crippen LogP contribution in [-0.2, 0) is 9.59 Å². The molecule has 1 N–H and O–H groups in total. The summed E-state index contributed by atoms with van der Waals surface area (Å²) in [5.41, 5.74) is 0.636. The lowest BCUT2D eigenvalue weighted by molar-refractivity contribution is -0.132. The number of ketones is 1. The summed E-state index contributed by atoms with van der Waals surface area (Å²) >= 11 is 6.20. The van der Waals surface area contributed by atoms with E-state index in [2.05, 4.69) is 0 Å². The highest BCUT2D eigenvalue weighted by Crippen LogP contribution is 2.43. The Morgan fingerprint density at radius 2 is 1.75 bits per heavy atom. The Kier molecular flexibility index (Phi) is 5.67. The zero-order chi connectivity index (χ0) is 23.0. The monoisotopic (exact) mass is 453 g/mol. The molecule has 0 saturated carbocycles. The number of furan rings is 1. The summed E-state index contributed by atoms with van der Waals surface area (Å²) in [7, 11) is 3.01. The Morgan fingerprint density at radius 1 is 1.03 bits per heavy atom. The Bertz CT molecular complexity index is 1230. The van der Waals surface area contributed by atoms with Crippen molar-refractivity contribution in [2.24, 2.45) is 0 Å². The van der Waals surface area contributed by atoms with Gasteiger partial charge in [0.2, 0.25) is 0 Å². The van der Waals surface area contributed by atoms with Crippen LogP contribution < -0.4 is 14.4 Å². The average molecular weight is 454 g/mol. The van der Waals surface area contributed by atoms with E-state index in [4.69, 9.17) is 25.5 Å². The minimum absolute atomic E-state index is 0.0959. The first-order valence-corrected chi connectivity index (χ1v) is 10.1. The predicted octanol–water partition coefficient (Wildman–Crippen LogP) is 4.88. The van der Waals surface area contributed by atoms with Crippen molar-refractivity contribution >= 4 is 34.7 Å². The van der Waals surface area contributed by atoms with Gasteiger partial charge in [0, 0.05) is 11.3 Å². The van der Waals surface area contributed by atoms with Crippen molar-refractivity contribution in [1.29, 1.82) is 0 Å². The van der Waals surface area contributed by atoms with Crippen LogP contribution in [0.3, 0.4) is 0 Å². The van der Waals surface area contributed by atoms with E-state index in [0.717, 1.165) is 0 Å². The van der Waals surface area contributed by atoms with Crippen LogP contribution in [0.2, 0.25) is 5.02 Å². The number of Topliss-reactive ketones (excluding diaryl/α,β-unsaturated/α-hetero) is 1. The molecular weight excluding hydrogens is 434 g/mol. The Morgan fingerprint density at radius 3 is 2.31 bits per heavy atom. The van der Waals surface area contributed by atoms with Gasteiger partial charge in [0.15, 0.2) is 0 Å². The number of aryl methyl sites for hydroxylation is 1. The van der Waals surface area contributed by atoms with E-state index in [0.29, 0.717) is 28.7 Å². The molecule has 0 bridgehead atoms. The molecule has 1 aliphatic heterocycles. The summed E-state index contributed by atoms with van der Waals surface area (Å²) < 4.78 is 16.1. The van der Waals surface area contributed by atoms with Crippen LogP contribution >= 0.6 is 11.6 Å². The van der Waals surface area contributed by atoms with Crippen LogP contribution in [-0.4, -0.2) is 31.0 Å². The van der Waals surface area contributed by atoms with Gasteiger partial charge in [-0.25, -0.2) is 0 Å². The molecule has 1 unspecified atom stereocenters. The first kappa shape index (κ1) is 21.5. The van der Waals surface area contributed by atoms with Gasteiger partial charge in [-0.3, -0.25) is 14.5 Å². The molecule has 1 fully saturated rings. The van der Waals surface area contributed by atoms with Gasteiger partial charge in [-0.05, 0) is 61.5 Å². The average Bonchev–Trinajstić information content (AvgIpc) is 3.34. The van der Waals surface area contributed by atoms with E-state index in [1.54, 1.807) is 55.5 Å². The fourth-order valence-electron chi connectivity index (χ4n) is 3.68. The second kappa shape index (κ2) is 8.43. The van der Waals surface area contributed by atoms with Gasteiger partial charge >= 0.3 is 0 Å². The van der Waals surface area contributed by atoms with Crippen LogP contribution in [0, 0.1) is 6.92 Å². The second-order valence-corrected chi connectivity index (χ2v) is 7.57. The third kappa shape index (κ3) is 3.61. The van der Waals surface area contributed by atoms with Crippen molar-refractivity contribution in [3.8, 4) is 11.5 Å². The van der Waals surface area contributed by atoms with Crippen LogP contribution in [0.1, 0.15) is 23.1 Å². The van der Waals surface area contributed by atoms with Crippen molar-refractivity contribution in [1.82, 2.24) is 0 Å². The molecule has 1 atom stereocenters. The van der Waals surface area contributed by atoms with Gasteiger partial charge in [0.1, 0.15) is 34.8 Å². The van der Waals surface area contributed by atoms with E-state index in [9.17, 15) is 14.7 Å². The van der Waals surface area contributed by atoms with Crippen LogP contribution in [0.25, 0.3) is 5.76 Å².